The summed E-state index contributed by atoms with van der Waals surface area (Å²) in [4.78, 5) is 10.6. The summed E-state index contributed by atoms with van der Waals surface area (Å²) in [5.74, 6) is 0.914. The molecule has 0 aliphatic heterocycles. The van der Waals surface area contributed by atoms with Gasteiger partial charge in [-0.15, -0.1) is 0 Å². The summed E-state index contributed by atoms with van der Waals surface area (Å²) in [6, 6.07) is 0. The molecule has 1 rings (SSSR count). The van der Waals surface area contributed by atoms with Gasteiger partial charge in [-0.3, -0.25) is 5.41 Å². The number of hydrogen-bond acceptors (Lipinski definition) is 4. The number of rotatable bonds is 5. The van der Waals surface area contributed by atoms with Crippen LogP contribution in [0, 0.1) is 18.3 Å². The van der Waals surface area contributed by atoms with Crippen molar-refractivity contribution in [2.45, 2.75) is 20.8 Å². The highest BCUT2D eigenvalue weighted by molar-refractivity contribution is 5.79. The minimum atomic E-state index is 0.0184. The van der Waals surface area contributed by atoms with Crippen LogP contribution in [-0.2, 0) is 0 Å². The second-order valence-corrected chi connectivity index (χ2v) is 3.96. The summed E-state index contributed by atoms with van der Waals surface area (Å²) in [5.41, 5.74) is 6.50. The van der Waals surface area contributed by atoms with Crippen LogP contribution in [0.1, 0.15) is 19.4 Å². The van der Waals surface area contributed by atoms with Crippen LogP contribution in [0.25, 0.3) is 0 Å². The van der Waals surface area contributed by atoms with E-state index in [0.717, 1.165) is 12.1 Å². The minimum Gasteiger partial charge on any atom is -0.387 e. The first-order chi connectivity index (χ1) is 7.54. The summed E-state index contributed by atoms with van der Waals surface area (Å²) >= 11 is 0. The Morgan fingerprint density at radius 3 is 2.50 bits per heavy atom. The van der Waals surface area contributed by atoms with Crippen LogP contribution < -0.4 is 10.6 Å². The lowest BCUT2D eigenvalue weighted by atomic mass is 10.1. The number of anilines is 1. The third-order valence-corrected chi connectivity index (χ3v) is 2.46. The van der Waals surface area contributed by atoms with Crippen molar-refractivity contribution in [3.8, 4) is 0 Å². The van der Waals surface area contributed by atoms with Gasteiger partial charge in [0.2, 0.25) is 5.95 Å². The molecule has 0 aliphatic rings. The van der Waals surface area contributed by atoms with E-state index in [9.17, 15) is 0 Å². The Hall–Kier alpha value is -1.65. The first-order valence-corrected chi connectivity index (χ1v) is 5.42. The lowest BCUT2D eigenvalue weighted by Gasteiger charge is -2.23. The Morgan fingerprint density at radius 1 is 1.50 bits per heavy atom. The van der Waals surface area contributed by atoms with Gasteiger partial charge in [0.05, 0.1) is 5.84 Å². The van der Waals surface area contributed by atoms with Crippen molar-refractivity contribution in [2.24, 2.45) is 11.7 Å². The third-order valence-electron chi connectivity index (χ3n) is 2.46. The van der Waals surface area contributed by atoms with Gasteiger partial charge in [-0.1, -0.05) is 6.92 Å². The molecule has 16 heavy (non-hydrogen) atoms. The van der Waals surface area contributed by atoms with E-state index in [4.69, 9.17) is 11.1 Å². The van der Waals surface area contributed by atoms with Crippen molar-refractivity contribution in [1.82, 2.24) is 9.97 Å². The Labute approximate surface area is 96.2 Å². The summed E-state index contributed by atoms with van der Waals surface area (Å²) in [7, 11) is 0. The van der Waals surface area contributed by atoms with Gasteiger partial charge in [0.25, 0.3) is 0 Å². The Balaban J connectivity index is 2.74. The maximum absolute atomic E-state index is 7.38. The van der Waals surface area contributed by atoms with Gasteiger partial charge in [-0.25, -0.2) is 9.97 Å². The van der Waals surface area contributed by atoms with E-state index in [1.165, 1.54) is 0 Å². The summed E-state index contributed by atoms with van der Waals surface area (Å²) < 4.78 is 0. The summed E-state index contributed by atoms with van der Waals surface area (Å²) in [6.07, 6.45) is 3.59. The third kappa shape index (κ3) is 3.18. The van der Waals surface area contributed by atoms with Gasteiger partial charge in [0.15, 0.2) is 0 Å². The average molecular weight is 221 g/mol. The highest BCUT2D eigenvalue weighted by atomic mass is 15.2. The fourth-order valence-corrected chi connectivity index (χ4v) is 1.33. The molecule has 0 saturated heterocycles. The van der Waals surface area contributed by atoms with Crippen molar-refractivity contribution in [3.05, 3.63) is 18.0 Å². The molecular weight excluding hydrogens is 202 g/mol. The predicted molar refractivity (Wildman–Crippen MR) is 65.7 cm³/mol. The Kier molecular flexibility index (Phi) is 4.22. The number of aryl methyl sites for hydroxylation is 1. The van der Waals surface area contributed by atoms with E-state index < -0.39 is 0 Å². The Bertz CT molecular complexity index is 346. The number of hydrogen-bond donors (Lipinski definition) is 2. The normalized spacial score (nSPS) is 12.2. The molecular formula is C11H19N5. The first-order valence-electron chi connectivity index (χ1n) is 5.42. The molecule has 1 unspecified atom stereocenters. The monoisotopic (exact) mass is 221 g/mol. The number of amidine groups is 1. The number of aromatic nitrogens is 2. The molecule has 1 heterocycles. The molecule has 5 heteroatoms. The molecule has 1 aromatic rings. The molecule has 5 nitrogen and oxygen atoms in total. The van der Waals surface area contributed by atoms with Crippen LogP contribution in [0.15, 0.2) is 12.4 Å². The van der Waals surface area contributed by atoms with E-state index >= 15 is 0 Å². The maximum atomic E-state index is 7.38. The molecule has 0 aromatic carbocycles. The number of nitrogens with one attached hydrogen (secondary N) is 1. The zero-order chi connectivity index (χ0) is 12.1. The highest BCUT2D eigenvalue weighted by Gasteiger charge is 2.13. The number of nitrogens with zero attached hydrogens (tertiary/aromatic N) is 3. The molecule has 1 atom stereocenters. The second-order valence-electron chi connectivity index (χ2n) is 3.96. The summed E-state index contributed by atoms with van der Waals surface area (Å²) in [5, 5.41) is 7.38. The summed E-state index contributed by atoms with van der Waals surface area (Å²) in [6.45, 7) is 7.41. The average Bonchev–Trinajstić information content (AvgIpc) is 2.26. The number of nitrogens with two attached hydrogens (primary N) is 1. The van der Waals surface area contributed by atoms with Crippen LogP contribution in [-0.4, -0.2) is 28.9 Å². The van der Waals surface area contributed by atoms with Crippen molar-refractivity contribution >= 4 is 11.8 Å². The molecule has 3 N–H and O–H groups in total. The second kappa shape index (κ2) is 5.44. The van der Waals surface area contributed by atoms with E-state index in [1.54, 1.807) is 12.4 Å². The predicted octanol–water partition coefficient (Wildman–Crippen LogP) is 1.18. The van der Waals surface area contributed by atoms with Gasteiger partial charge < -0.3 is 10.6 Å². The molecule has 0 aliphatic carbocycles. The van der Waals surface area contributed by atoms with Crippen molar-refractivity contribution in [3.63, 3.8) is 0 Å². The van der Waals surface area contributed by atoms with Crippen molar-refractivity contribution < 1.29 is 0 Å². The quantitative estimate of drug-likeness (QED) is 0.578. The van der Waals surface area contributed by atoms with E-state index in [-0.39, 0.29) is 11.8 Å². The van der Waals surface area contributed by atoms with Gasteiger partial charge >= 0.3 is 0 Å². The topological polar surface area (TPSA) is 78.9 Å². The van der Waals surface area contributed by atoms with Crippen molar-refractivity contribution in [1.29, 1.82) is 5.41 Å². The van der Waals surface area contributed by atoms with Crippen LogP contribution in [0.4, 0.5) is 5.95 Å². The standard InChI is InChI=1S/C11H19N5/c1-4-16(7-9(3)10(12)13)11-14-5-8(2)6-15-11/h5-6,9H,4,7H2,1-3H3,(H3,12,13). The van der Waals surface area contributed by atoms with E-state index in [0.29, 0.717) is 12.5 Å². The van der Waals surface area contributed by atoms with Gasteiger partial charge in [-0.05, 0) is 19.4 Å². The lowest BCUT2D eigenvalue weighted by Crippen LogP contribution is -2.35. The molecule has 0 bridgehead atoms. The zero-order valence-electron chi connectivity index (χ0n) is 10.1. The fourth-order valence-electron chi connectivity index (χ4n) is 1.33. The largest absolute Gasteiger partial charge is 0.387 e. The molecule has 0 radical (unpaired) electrons. The van der Waals surface area contributed by atoms with Crippen LogP contribution in [0.2, 0.25) is 0 Å². The molecule has 1 aromatic heterocycles. The molecule has 0 spiro atoms. The molecule has 88 valence electrons. The molecule has 0 saturated carbocycles. The SMILES string of the molecule is CCN(CC(C)C(=N)N)c1ncc(C)cn1. The zero-order valence-corrected chi connectivity index (χ0v) is 10.1. The van der Waals surface area contributed by atoms with E-state index in [2.05, 4.69) is 9.97 Å². The Morgan fingerprint density at radius 2 is 2.06 bits per heavy atom. The van der Waals surface area contributed by atoms with E-state index in [1.807, 2.05) is 25.7 Å². The minimum absolute atomic E-state index is 0.0184. The first kappa shape index (κ1) is 12.4. The van der Waals surface area contributed by atoms with Crippen LogP contribution in [0.3, 0.4) is 0 Å². The van der Waals surface area contributed by atoms with Gasteiger partial charge in [-0.2, -0.15) is 0 Å². The maximum Gasteiger partial charge on any atom is 0.225 e. The fraction of sp³-hybridized carbons (Fsp3) is 0.545. The van der Waals surface area contributed by atoms with Gasteiger partial charge in [0, 0.05) is 31.4 Å². The molecule has 0 amide bonds. The van der Waals surface area contributed by atoms with Crippen molar-refractivity contribution in [2.75, 3.05) is 18.0 Å². The molecule has 0 fully saturated rings. The lowest BCUT2D eigenvalue weighted by molar-refractivity contribution is 0.681. The van der Waals surface area contributed by atoms with Gasteiger partial charge in [0.1, 0.15) is 0 Å². The smallest absolute Gasteiger partial charge is 0.225 e. The van der Waals surface area contributed by atoms with Crippen LogP contribution >= 0.6 is 0 Å². The van der Waals surface area contributed by atoms with Crippen LogP contribution in [0.5, 0.6) is 0 Å². The highest BCUT2D eigenvalue weighted by Crippen LogP contribution is 2.09.